The molecule has 3 rings (SSSR count). The van der Waals surface area contributed by atoms with E-state index in [4.69, 9.17) is 9.47 Å². The lowest BCUT2D eigenvalue weighted by molar-refractivity contribution is -0.114. The van der Waals surface area contributed by atoms with Gasteiger partial charge in [0.05, 0.1) is 11.7 Å². The van der Waals surface area contributed by atoms with Gasteiger partial charge in [0.15, 0.2) is 0 Å². The first-order valence-corrected chi connectivity index (χ1v) is 10.8. The van der Waals surface area contributed by atoms with Crippen LogP contribution in [0.2, 0.25) is 0 Å². The Morgan fingerprint density at radius 2 is 2.00 bits per heavy atom. The van der Waals surface area contributed by atoms with E-state index in [9.17, 15) is 9.59 Å². The number of amides is 2. The molecule has 166 valence electrons. The van der Waals surface area contributed by atoms with Crippen LogP contribution in [0.15, 0.2) is 18.2 Å². The lowest BCUT2D eigenvalue weighted by Gasteiger charge is -2.36. The van der Waals surface area contributed by atoms with Crippen LogP contribution in [0.4, 0.5) is 5.69 Å². The van der Waals surface area contributed by atoms with Crippen LogP contribution in [-0.2, 0) is 9.53 Å². The second-order valence-corrected chi connectivity index (χ2v) is 8.89. The number of fused-ring (bicyclic) bond motifs is 1. The zero-order valence-corrected chi connectivity index (χ0v) is 18.8. The zero-order chi connectivity index (χ0) is 21.8. The molecule has 7 heteroatoms. The molecule has 7 nitrogen and oxygen atoms in total. The highest BCUT2D eigenvalue weighted by atomic mass is 16.5. The number of likely N-dealkylation sites (N-methyl/N-ethyl adjacent to an activating group) is 1. The summed E-state index contributed by atoms with van der Waals surface area (Å²) in [5.41, 5.74) is 1.12. The predicted molar refractivity (Wildman–Crippen MR) is 117 cm³/mol. The molecule has 0 spiro atoms. The molecule has 1 aliphatic carbocycles. The minimum absolute atomic E-state index is 0.0460. The first-order valence-electron chi connectivity index (χ1n) is 10.8. The molecule has 30 heavy (non-hydrogen) atoms. The average molecular weight is 418 g/mol. The van der Waals surface area contributed by atoms with Crippen molar-refractivity contribution in [1.82, 2.24) is 9.80 Å². The maximum absolute atomic E-state index is 13.1. The summed E-state index contributed by atoms with van der Waals surface area (Å²) in [6, 6.07) is 5.40. The lowest BCUT2D eigenvalue weighted by atomic mass is 10.0. The Morgan fingerprint density at radius 1 is 1.27 bits per heavy atom. The maximum atomic E-state index is 13.1. The molecule has 0 bridgehead atoms. The van der Waals surface area contributed by atoms with Crippen molar-refractivity contribution < 1.29 is 19.1 Å². The second kappa shape index (κ2) is 9.79. The Balaban J connectivity index is 1.91. The van der Waals surface area contributed by atoms with E-state index in [1.165, 1.54) is 19.8 Å². The largest absolute Gasteiger partial charge is 0.491 e. The fourth-order valence-corrected chi connectivity index (χ4v) is 4.01. The van der Waals surface area contributed by atoms with E-state index in [0.29, 0.717) is 30.2 Å². The van der Waals surface area contributed by atoms with Gasteiger partial charge in [-0.25, -0.2) is 0 Å². The summed E-state index contributed by atoms with van der Waals surface area (Å²) < 4.78 is 11.9. The third-order valence-corrected chi connectivity index (χ3v) is 6.09. The fourth-order valence-electron chi connectivity index (χ4n) is 4.01. The summed E-state index contributed by atoms with van der Waals surface area (Å²) in [6.07, 6.45) is 2.55. The highest BCUT2D eigenvalue weighted by molar-refractivity contribution is 5.98. The van der Waals surface area contributed by atoms with Crippen molar-refractivity contribution >= 4 is 17.5 Å². The van der Waals surface area contributed by atoms with Crippen molar-refractivity contribution in [3.8, 4) is 5.75 Å². The van der Waals surface area contributed by atoms with Gasteiger partial charge in [-0.1, -0.05) is 6.92 Å². The molecule has 1 aromatic rings. The van der Waals surface area contributed by atoms with E-state index < -0.39 is 0 Å². The van der Waals surface area contributed by atoms with Gasteiger partial charge in [0, 0.05) is 58.5 Å². The number of rotatable bonds is 4. The molecule has 0 saturated heterocycles. The van der Waals surface area contributed by atoms with E-state index in [1.54, 1.807) is 37.3 Å². The first kappa shape index (κ1) is 22.6. The topological polar surface area (TPSA) is 71.1 Å². The number of benzene rings is 1. The van der Waals surface area contributed by atoms with Crippen molar-refractivity contribution in [3.63, 3.8) is 0 Å². The summed E-state index contributed by atoms with van der Waals surface area (Å²) in [4.78, 5) is 28.8. The van der Waals surface area contributed by atoms with Crippen molar-refractivity contribution in [2.45, 2.75) is 45.8 Å². The molecule has 1 heterocycles. The smallest absolute Gasteiger partial charge is 0.257 e. The number of anilines is 1. The molecule has 1 aromatic carbocycles. The van der Waals surface area contributed by atoms with Crippen molar-refractivity contribution in [3.05, 3.63) is 23.8 Å². The first-order chi connectivity index (χ1) is 14.3. The van der Waals surface area contributed by atoms with Crippen molar-refractivity contribution in [2.75, 3.05) is 45.7 Å². The molecule has 3 atom stereocenters. The quantitative estimate of drug-likeness (QED) is 0.816. The Morgan fingerprint density at radius 3 is 2.63 bits per heavy atom. The molecule has 0 radical (unpaired) electrons. The molecule has 1 fully saturated rings. The zero-order valence-electron chi connectivity index (χ0n) is 18.8. The van der Waals surface area contributed by atoms with Gasteiger partial charge in [-0.3, -0.25) is 14.5 Å². The van der Waals surface area contributed by atoms with Gasteiger partial charge in [-0.15, -0.1) is 0 Å². The molecule has 0 aromatic heterocycles. The summed E-state index contributed by atoms with van der Waals surface area (Å²) in [5, 5.41) is 2.77. The number of hydrogen-bond acceptors (Lipinski definition) is 5. The van der Waals surface area contributed by atoms with E-state index >= 15 is 0 Å². The van der Waals surface area contributed by atoms with E-state index in [-0.39, 0.29) is 29.9 Å². The van der Waals surface area contributed by atoms with Gasteiger partial charge in [-0.2, -0.15) is 0 Å². The Kier molecular flexibility index (Phi) is 7.36. The molecule has 2 aliphatic rings. The number of carbonyl (C=O) groups excluding carboxylic acids is 2. The molecule has 1 N–H and O–H groups in total. The summed E-state index contributed by atoms with van der Waals surface area (Å²) in [7, 11) is 3.51. The second-order valence-electron chi connectivity index (χ2n) is 8.89. The average Bonchev–Trinajstić information content (AvgIpc) is 3.52. The number of methoxy groups -OCH3 is 1. The number of nitrogens with zero attached hydrogens (tertiary/aromatic N) is 2. The van der Waals surface area contributed by atoms with Gasteiger partial charge in [0.1, 0.15) is 12.4 Å². The Bertz CT molecular complexity index is 765. The summed E-state index contributed by atoms with van der Waals surface area (Å²) in [5.74, 6) is 1.28. The molecule has 1 saturated carbocycles. The van der Waals surface area contributed by atoms with Crippen molar-refractivity contribution in [1.29, 1.82) is 0 Å². The molecular formula is C23H35N3O4. The predicted octanol–water partition coefficient (Wildman–Crippen LogP) is 2.86. The maximum Gasteiger partial charge on any atom is 0.257 e. The van der Waals surface area contributed by atoms with Crippen LogP contribution in [0.25, 0.3) is 0 Å². The number of carbonyl (C=O) groups is 2. The van der Waals surface area contributed by atoms with Crippen LogP contribution < -0.4 is 10.1 Å². The van der Waals surface area contributed by atoms with E-state index in [2.05, 4.69) is 24.1 Å². The number of nitrogens with one attached hydrogen (secondary N) is 1. The van der Waals surface area contributed by atoms with E-state index in [0.717, 1.165) is 19.0 Å². The molecule has 0 unspecified atom stereocenters. The third kappa shape index (κ3) is 5.73. The van der Waals surface area contributed by atoms with Gasteiger partial charge in [0.2, 0.25) is 5.91 Å². The third-order valence-electron chi connectivity index (χ3n) is 6.09. The van der Waals surface area contributed by atoms with Gasteiger partial charge in [-0.05, 0) is 43.7 Å². The van der Waals surface area contributed by atoms with Crippen LogP contribution >= 0.6 is 0 Å². The molecule has 1 aliphatic heterocycles. The standard InChI is InChI=1S/C23H35N3O4/c1-15-11-26(12-18-6-7-18)16(2)14-30-21-10-19(24-17(3)27)8-9-20(21)23(28)25(4)13-22(15)29-5/h8-10,15-16,18,22H,6-7,11-14H2,1-5H3,(H,24,27)/t15-,16+,22+/m0/s1. The fraction of sp³-hybridized carbons (Fsp3) is 0.652. The number of hydrogen-bond donors (Lipinski definition) is 1. The monoisotopic (exact) mass is 417 g/mol. The van der Waals surface area contributed by atoms with E-state index in [1.807, 2.05) is 0 Å². The normalized spacial score (nSPS) is 26.2. The highest BCUT2D eigenvalue weighted by Gasteiger charge is 2.31. The van der Waals surface area contributed by atoms with Crippen LogP contribution in [0.1, 0.15) is 44.0 Å². The van der Waals surface area contributed by atoms with Crippen LogP contribution in [0.5, 0.6) is 5.75 Å². The number of ether oxygens (including phenoxy) is 2. The summed E-state index contributed by atoms with van der Waals surface area (Å²) >= 11 is 0. The SMILES string of the molecule is CO[C@@H]1CN(C)C(=O)c2ccc(NC(C)=O)cc2OC[C@@H](C)N(CC2CC2)C[C@@H]1C. The van der Waals surface area contributed by atoms with Crippen LogP contribution in [-0.4, -0.2) is 74.2 Å². The minimum Gasteiger partial charge on any atom is -0.491 e. The molecule has 2 amide bonds. The molecular weight excluding hydrogens is 382 g/mol. The summed E-state index contributed by atoms with van der Waals surface area (Å²) in [6.45, 7) is 8.79. The van der Waals surface area contributed by atoms with Crippen LogP contribution in [0, 0.1) is 11.8 Å². The minimum atomic E-state index is -0.160. The Hall–Kier alpha value is -2.12. The van der Waals surface area contributed by atoms with Crippen molar-refractivity contribution in [2.24, 2.45) is 11.8 Å². The lowest BCUT2D eigenvalue weighted by Crippen LogP contribution is -2.47. The van der Waals surface area contributed by atoms with Gasteiger partial charge >= 0.3 is 0 Å². The van der Waals surface area contributed by atoms with Gasteiger partial charge in [0.25, 0.3) is 5.91 Å². The highest BCUT2D eigenvalue weighted by Crippen LogP contribution is 2.32. The van der Waals surface area contributed by atoms with Gasteiger partial charge < -0.3 is 19.7 Å². The Labute approximate surface area is 179 Å². The van der Waals surface area contributed by atoms with Crippen LogP contribution in [0.3, 0.4) is 0 Å².